The van der Waals surface area contributed by atoms with Gasteiger partial charge in [-0.15, -0.1) is 0 Å². The van der Waals surface area contributed by atoms with Gasteiger partial charge in [-0.25, -0.2) is 9.97 Å². The van der Waals surface area contributed by atoms with E-state index in [2.05, 4.69) is 21.8 Å². The van der Waals surface area contributed by atoms with Crippen LogP contribution in [-0.2, 0) is 0 Å². The van der Waals surface area contributed by atoms with E-state index in [1.165, 1.54) is 0 Å². The van der Waals surface area contributed by atoms with Gasteiger partial charge in [-0.1, -0.05) is 0 Å². The number of hydrogen-bond donors (Lipinski definition) is 1. The molecule has 4 nitrogen and oxygen atoms in total. The molecule has 0 aliphatic heterocycles. The lowest BCUT2D eigenvalue weighted by Crippen LogP contribution is -2.32. The average molecular weight is 194 g/mol. The second-order valence-corrected chi connectivity index (χ2v) is 3.54. The first-order valence-corrected chi connectivity index (χ1v) is 4.87. The highest BCUT2D eigenvalue weighted by atomic mass is 15.2. The Bertz CT molecular complexity index is 287. The summed E-state index contributed by atoms with van der Waals surface area (Å²) in [5.41, 5.74) is 6.50. The minimum Gasteiger partial charge on any atom is -0.341 e. The van der Waals surface area contributed by atoms with Crippen molar-refractivity contribution in [2.75, 3.05) is 18.5 Å². The average Bonchev–Trinajstić information content (AvgIpc) is 2.17. The van der Waals surface area contributed by atoms with E-state index in [0.717, 1.165) is 18.1 Å². The van der Waals surface area contributed by atoms with Crippen LogP contribution in [0.5, 0.6) is 0 Å². The smallest absolute Gasteiger partial charge is 0.225 e. The van der Waals surface area contributed by atoms with Crippen molar-refractivity contribution in [3.05, 3.63) is 18.0 Å². The zero-order chi connectivity index (χ0) is 10.6. The molecule has 4 heteroatoms. The minimum absolute atomic E-state index is 0.377. The number of anilines is 1. The molecule has 1 atom stereocenters. The van der Waals surface area contributed by atoms with Gasteiger partial charge in [0.2, 0.25) is 5.95 Å². The molecule has 0 fully saturated rings. The standard InChI is InChI=1S/C10H18N4/c1-8-5-7-12-10(13-8)14(3)9(2)4-6-11/h5,7,9H,4,6,11H2,1-3H3. The normalized spacial score (nSPS) is 12.6. The van der Waals surface area contributed by atoms with Crippen molar-refractivity contribution in [2.45, 2.75) is 26.3 Å². The van der Waals surface area contributed by atoms with E-state index >= 15 is 0 Å². The molecular weight excluding hydrogens is 176 g/mol. The maximum atomic E-state index is 5.51. The minimum atomic E-state index is 0.377. The fourth-order valence-electron chi connectivity index (χ4n) is 1.24. The number of nitrogens with two attached hydrogens (primary N) is 1. The summed E-state index contributed by atoms with van der Waals surface area (Å²) in [4.78, 5) is 10.6. The van der Waals surface area contributed by atoms with Crippen molar-refractivity contribution in [1.29, 1.82) is 0 Å². The Balaban J connectivity index is 2.73. The number of rotatable bonds is 4. The Morgan fingerprint density at radius 2 is 2.29 bits per heavy atom. The first-order valence-electron chi connectivity index (χ1n) is 4.87. The lowest BCUT2D eigenvalue weighted by atomic mass is 10.2. The number of nitrogens with zero attached hydrogens (tertiary/aromatic N) is 3. The van der Waals surface area contributed by atoms with Gasteiger partial charge in [0, 0.05) is 25.0 Å². The topological polar surface area (TPSA) is 55.0 Å². The molecule has 0 aliphatic rings. The van der Waals surface area contributed by atoms with Crippen LogP contribution in [0.2, 0.25) is 0 Å². The lowest BCUT2D eigenvalue weighted by molar-refractivity contribution is 0.622. The monoisotopic (exact) mass is 194 g/mol. The van der Waals surface area contributed by atoms with E-state index in [0.29, 0.717) is 12.6 Å². The van der Waals surface area contributed by atoms with Gasteiger partial charge in [0.25, 0.3) is 0 Å². The van der Waals surface area contributed by atoms with E-state index in [4.69, 9.17) is 5.73 Å². The molecule has 0 saturated heterocycles. The first-order chi connectivity index (χ1) is 6.65. The van der Waals surface area contributed by atoms with Crippen LogP contribution in [-0.4, -0.2) is 29.6 Å². The molecule has 0 saturated carbocycles. The predicted octanol–water partition coefficient (Wildman–Crippen LogP) is 0.959. The predicted molar refractivity (Wildman–Crippen MR) is 58.3 cm³/mol. The summed E-state index contributed by atoms with van der Waals surface area (Å²) in [7, 11) is 2.00. The summed E-state index contributed by atoms with van der Waals surface area (Å²) < 4.78 is 0. The van der Waals surface area contributed by atoms with Gasteiger partial charge >= 0.3 is 0 Å². The highest BCUT2D eigenvalue weighted by Gasteiger charge is 2.11. The number of aryl methyl sites for hydroxylation is 1. The molecule has 0 aromatic carbocycles. The molecule has 0 aliphatic carbocycles. The molecule has 1 heterocycles. The van der Waals surface area contributed by atoms with Gasteiger partial charge in [-0.3, -0.25) is 0 Å². The third kappa shape index (κ3) is 2.67. The van der Waals surface area contributed by atoms with Gasteiger partial charge < -0.3 is 10.6 Å². The fraction of sp³-hybridized carbons (Fsp3) is 0.600. The maximum absolute atomic E-state index is 5.51. The lowest BCUT2D eigenvalue weighted by Gasteiger charge is -2.24. The van der Waals surface area contributed by atoms with E-state index in [1.54, 1.807) is 6.20 Å². The Labute approximate surface area is 85.2 Å². The van der Waals surface area contributed by atoms with E-state index in [9.17, 15) is 0 Å². The molecule has 0 amide bonds. The highest BCUT2D eigenvalue weighted by Crippen LogP contribution is 2.10. The van der Waals surface area contributed by atoms with Crippen LogP contribution in [0.4, 0.5) is 5.95 Å². The van der Waals surface area contributed by atoms with Crippen molar-refractivity contribution < 1.29 is 0 Å². The molecule has 2 N–H and O–H groups in total. The zero-order valence-electron chi connectivity index (χ0n) is 9.07. The molecule has 14 heavy (non-hydrogen) atoms. The molecule has 1 aromatic heterocycles. The molecular formula is C10H18N4. The quantitative estimate of drug-likeness (QED) is 0.775. The third-order valence-electron chi connectivity index (χ3n) is 2.34. The second kappa shape index (κ2) is 4.91. The van der Waals surface area contributed by atoms with Crippen molar-refractivity contribution in [2.24, 2.45) is 5.73 Å². The summed E-state index contributed by atoms with van der Waals surface area (Å²) in [6.45, 7) is 4.78. The summed E-state index contributed by atoms with van der Waals surface area (Å²) in [6.07, 6.45) is 2.73. The molecule has 1 rings (SSSR count). The molecule has 78 valence electrons. The Hall–Kier alpha value is -1.16. The van der Waals surface area contributed by atoms with Crippen molar-refractivity contribution in [1.82, 2.24) is 9.97 Å². The molecule has 0 radical (unpaired) electrons. The number of aromatic nitrogens is 2. The molecule has 0 bridgehead atoms. The van der Waals surface area contributed by atoms with Gasteiger partial charge in [-0.2, -0.15) is 0 Å². The summed E-state index contributed by atoms with van der Waals surface area (Å²) in [5.74, 6) is 0.769. The SMILES string of the molecule is Cc1ccnc(N(C)C(C)CCN)n1. The largest absolute Gasteiger partial charge is 0.341 e. The van der Waals surface area contributed by atoms with Gasteiger partial charge in [0.05, 0.1) is 0 Å². The Morgan fingerprint density at radius 1 is 1.57 bits per heavy atom. The molecule has 1 aromatic rings. The van der Waals surface area contributed by atoms with Crippen LogP contribution in [0.25, 0.3) is 0 Å². The van der Waals surface area contributed by atoms with Gasteiger partial charge in [0.1, 0.15) is 0 Å². The zero-order valence-corrected chi connectivity index (χ0v) is 9.07. The van der Waals surface area contributed by atoms with Crippen LogP contribution in [0.3, 0.4) is 0 Å². The molecule has 0 spiro atoms. The maximum Gasteiger partial charge on any atom is 0.225 e. The summed E-state index contributed by atoms with van der Waals surface area (Å²) in [6, 6.07) is 2.27. The van der Waals surface area contributed by atoms with E-state index in [-0.39, 0.29) is 0 Å². The highest BCUT2D eigenvalue weighted by molar-refractivity contribution is 5.29. The van der Waals surface area contributed by atoms with E-state index < -0.39 is 0 Å². The summed E-state index contributed by atoms with van der Waals surface area (Å²) in [5, 5.41) is 0. The summed E-state index contributed by atoms with van der Waals surface area (Å²) >= 11 is 0. The van der Waals surface area contributed by atoms with Gasteiger partial charge in [-0.05, 0) is 32.9 Å². The Morgan fingerprint density at radius 3 is 2.86 bits per heavy atom. The van der Waals surface area contributed by atoms with Crippen molar-refractivity contribution in [3.8, 4) is 0 Å². The van der Waals surface area contributed by atoms with Crippen molar-refractivity contribution >= 4 is 5.95 Å². The fourth-order valence-corrected chi connectivity index (χ4v) is 1.24. The van der Waals surface area contributed by atoms with Gasteiger partial charge in [0.15, 0.2) is 0 Å². The van der Waals surface area contributed by atoms with Crippen molar-refractivity contribution in [3.63, 3.8) is 0 Å². The van der Waals surface area contributed by atoms with Crippen LogP contribution in [0, 0.1) is 6.92 Å². The molecule has 1 unspecified atom stereocenters. The van der Waals surface area contributed by atoms with E-state index in [1.807, 2.05) is 20.0 Å². The van der Waals surface area contributed by atoms with Crippen LogP contribution in [0.15, 0.2) is 12.3 Å². The second-order valence-electron chi connectivity index (χ2n) is 3.54. The third-order valence-corrected chi connectivity index (χ3v) is 2.34. The number of hydrogen-bond acceptors (Lipinski definition) is 4. The first kappa shape index (κ1) is 10.9. The Kier molecular flexibility index (Phi) is 3.83. The van der Waals surface area contributed by atoms with Crippen LogP contribution >= 0.6 is 0 Å². The van der Waals surface area contributed by atoms with Crippen LogP contribution < -0.4 is 10.6 Å². The van der Waals surface area contributed by atoms with Crippen LogP contribution in [0.1, 0.15) is 19.0 Å².